The maximum atomic E-state index is 11.6. The molecule has 1 aromatic heterocycles. The first kappa shape index (κ1) is 12.3. The van der Waals surface area contributed by atoms with E-state index >= 15 is 0 Å². The first-order chi connectivity index (χ1) is 10.8. The van der Waals surface area contributed by atoms with E-state index in [1.807, 2.05) is 0 Å². The summed E-state index contributed by atoms with van der Waals surface area (Å²) in [6.07, 6.45) is 0. The number of hydrogen-bond donors (Lipinski definition) is 0. The molecule has 0 bridgehead atoms. The van der Waals surface area contributed by atoms with E-state index in [0.717, 1.165) is 9.40 Å². The lowest BCUT2D eigenvalue weighted by Gasteiger charge is -2.05. The normalized spacial score (nSPS) is 11.8. The molecule has 0 aliphatic rings. The van der Waals surface area contributed by atoms with Crippen LogP contribution < -0.4 is 4.06 Å². The molecule has 0 aliphatic heterocycles. The van der Waals surface area contributed by atoms with Crippen LogP contribution in [-0.2, 0) is 0 Å². The highest BCUT2D eigenvalue weighted by atomic mass is 32.2. The molecule has 0 spiro atoms. The number of fused-ring (bicyclic) bond motifs is 4. The fraction of sp³-hybridized carbons (Fsp3) is 0. The third-order valence-electron chi connectivity index (χ3n) is 4.11. The molecule has 1 nitrogen and oxygen atoms in total. The number of hydrogen-bond acceptors (Lipinski definition) is 3. The van der Waals surface area contributed by atoms with Gasteiger partial charge in [-0.3, -0.25) is 4.79 Å². The van der Waals surface area contributed by atoms with E-state index < -0.39 is 0 Å². The molecular formula is C19H10OS2. The lowest BCUT2D eigenvalue weighted by molar-refractivity contribution is 1.79. The van der Waals surface area contributed by atoms with Crippen molar-refractivity contribution in [3.63, 3.8) is 0 Å². The van der Waals surface area contributed by atoms with Crippen molar-refractivity contribution in [1.29, 1.82) is 0 Å². The Morgan fingerprint density at radius 1 is 0.545 bits per heavy atom. The topological polar surface area (TPSA) is 17.1 Å². The van der Waals surface area contributed by atoms with Gasteiger partial charge in [-0.1, -0.05) is 46.9 Å². The van der Waals surface area contributed by atoms with Crippen LogP contribution in [0.5, 0.6) is 0 Å². The van der Waals surface area contributed by atoms with Crippen molar-refractivity contribution >= 4 is 64.4 Å². The van der Waals surface area contributed by atoms with Crippen LogP contribution in [0.3, 0.4) is 0 Å². The van der Waals surface area contributed by atoms with Crippen molar-refractivity contribution in [3.8, 4) is 0 Å². The minimum atomic E-state index is 0.167. The van der Waals surface area contributed by atoms with Gasteiger partial charge in [0.2, 0.25) is 0 Å². The van der Waals surface area contributed by atoms with Gasteiger partial charge in [-0.15, -0.1) is 0 Å². The van der Waals surface area contributed by atoms with Gasteiger partial charge in [-0.2, -0.15) is 0 Å². The zero-order chi connectivity index (χ0) is 14.7. The van der Waals surface area contributed by atoms with Gasteiger partial charge in [0.15, 0.2) is 0 Å². The van der Waals surface area contributed by atoms with Crippen molar-refractivity contribution in [3.05, 3.63) is 69.5 Å². The van der Waals surface area contributed by atoms with Crippen LogP contribution >= 0.6 is 22.7 Å². The molecule has 0 fully saturated rings. The van der Waals surface area contributed by atoms with Crippen LogP contribution in [0.25, 0.3) is 41.7 Å². The van der Waals surface area contributed by atoms with Crippen molar-refractivity contribution in [1.82, 2.24) is 0 Å². The van der Waals surface area contributed by atoms with E-state index in [0.29, 0.717) is 0 Å². The van der Waals surface area contributed by atoms with Crippen LogP contribution in [-0.4, -0.2) is 0 Å². The Bertz CT molecular complexity index is 1150. The second-order valence-electron chi connectivity index (χ2n) is 5.50. The van der Waals surface area contributed by atoms with Crippen molar-refractivity contribution in [2.75, 3.05) is 0 Å². The van der Waals surface area contributed by atoms with Gasteiger partial charge in [0, 0.05) is 9.40 Å². The van der Waals surface area contributed by atoms with Gasteiger partial charge < -0.3 is 0 Å². The second-order valence-corrected chi connectivity index (χ2v) is 7.79. The quantitative estimate of drug-likeness (QED) is 0.331. The molecule has 0 unspecified atom stereocenters. The molecule has 1 heterocycles. The summed E-state index contributed by atoms with van der Waals surface area (Å²) in [7, 11) is 0. The molecule has 4 aromatic carbocycles. The molecule has 5 aromatic rings. The van der Waals surface area contributed by atoms with Gasteiger partial charge >= 0.3 is 0 Å². The zero-order valence-corrected chi connectivity index (χ0v) is 13.1. The van der Waals surface area contributed by atoms with Crippen molar-refractivity contribution in [2.45, 2.75) is 0 Å². The maximum absolute atomic E-state index is 11.6. The van der Waals surface area contributed by atoms with Gasteiger partial charge in [-0.05, 0) is 68.7 Å². The molecule has 0 N–H and O–H groups in total. The minimum absolute atomic E-state index is 0.167. The fourth-order valence-corrected chi connectivity index (χ4v) is 5.07. The van der Waals surface area contributed by atoms with Gasteiger partial charge in [0.1, 0.15) is 0 Å². The smallest absolute Gasteiger partial charge is 0.265 e. The molecule has 3 heteroatoms. The summed E-state index contributed by atoms with van der Waals surface area (Å²) in [5.41, 5.74) is 0. The molecule has 0 saturated carbocycles. The Hall–Kier alpha value is -2.23. The molecule has 0 aliphatic carbocycles. The minimum Gasteiger partial charge on any atom is -0.265 e. The summed E-state index contributed by atoms with van der Waals surface area (Å²) in [5, 5.41) is 7.40. The Kier molecular flexibility index (Phi) is 2.46. The van der Waals surface area contributed by atoms with Crippen molar-refractivity contribution in [2.24, 2.45) is 0 Å². The second kappa shape index (κ2) is 4.38. The summed E-state index contributed by atoms with van der Waals surface area (Å²) in [4.78, 5) is 11.6. The number of benzene rings is 4. The lowest BCUT2D eigenvalue weighted by Crippen LogP contribution is -1.78. The Balaban J connectivity index is 1.94. The molecule has 0 atom stereocenters. The largest absolute Gasteiger partial charge is 0.288 e. The van der Waals surface area contributed by atoms with Crippen LogP contribution in [0, 0.1) is 0 Å². The van der Waals surface area contributed by atoms with E-state index in [1.165, 1.54) is 55.0 Å². The monoisotopic (exact) mass is 318 g/mol. The highest BCUT2D eigenvalue weighted by Crippen LogP contribution is 2.31. The highest BCUT2D eigenvalue weighted by molar-refractivity contribution is 7.35. The van der Waals surface area contributed by atoms with Crippen LogP contribution in [0.4, 0.5) is 0 Å². The van der Waals surface area contributed by atoms with E-state index in [1.54, 1.807) is 0 Å². The first-order valence-electron chi connectivity index (χ1n) is 7.06. The predicted octanol–water partition coefficient (Wildman–Crippen LogP) is 5.78. The van der Waals surface area contributed by atoms with E-state index in [-0.39, 0.29) is 4.06 Å². The molecule has 0 amide bonds. The molecule has 104 valence electrons. The Morgan fingerprint density at radius 3 is 1.45 bits per heavy atom. The molecular weight excluding hydrogens is 308 g/mol. The summed E-state index contributed by atoms with van der Waals surface area (Å²) >= 11 is 2.68. The molecule has 22 heavy (non-hydrogen) atoms. The summed E-state index contributed by atoms with van der Waals surface area (Å²) in [6, 6.07) is 21.7. The predicted molar refractivity (Wildman–Crippen MR) is 98.5 cm³/mol. The summed E-state index contributed by atoms with van der Waals surface area (Å²) in [5.74, 6) is 0. The maximum Gasteiger partial charge on any atom is 0.288 e. The lowest BCUT2D eigenvalue weighted by atomic mass is 10.00. The van der Waals surface area contributed by atoms with Gasteiger partial charge in [-0.25, -0.2) is 0 Å². The van der Waals surface area contributed by atoms with Crippen molar-refractivity contribution < 1.29 is 0 Å². The van der Waals surface area contributed by atoms with Crippen LogP contribution in [0.15, 0.2) is 65.5 Å². The fourth-order valence-electron chi connectivity index (χ4n) is 3.06. The third-order valence-corrected chi connectivity index (χ3v) is 6.19. The Morgan fingerprint density at radius 2 is 0.955 bits per heavy atom. The molecule has 0 saturated heterocycles. The third kappa shape index (κ3) is 1.79. The van der Waals surface area contributed by atoms with E-state index in [4.69, 9.17) is 0 Å². The molecule has 5 rings (SSSR count). The zero-order valence-electron chi connectivity index (χ0n) is 11.5. The summed E-state index contributed by atoms with van der Waals surface area (Å²) < 4.78 is 2.34. The van der Waals surface area contributed by atoms with Gasteiger partial charge in [0.05, 0.1) is 0 Å². The van der Waals surface area contributed by atoms with Crippen LogP contribution in [0.2, 0.25) is 0 Å². The molecule has 0 radical (unpaired) electrons. The first-order valence-corrected chi connectivity index (χ1v) is 8.70. The van der Waals surface area contributed by atoms with E-state index in [2.05, 4.69) is 60.7 Å². The Labute approximate surface area is 134 Å². The SMILES string of the molecule is O=c1sc2cc3cc4cc5ccccc5cc4cc3cc2s1. The summed E-state index contributed by atoms with van der Waals surface area (Å²) in [6.45, 7) is 0. The standard InChI is InChI=1S/C19H10OS2/c20-19-21-17-9-15-7-13-5-11-3-1-2-4-12(11)6-14(13)8-16(15)10-18(17)22-19/h1-10H. The van der Waals surface area contributed by atoms with E-state index in [9.17, 15) is 4.79 Å². The van der Waals surface area contributed by atoms with Crippen LogP contribution in [0.1, 0.15) is 0 Å². The average Bonchev–Trinajstić information content (AvgIpc) is 2.87. The average molecular weight is 318 g/mol. The highest BCUT2D eigenvalue weighted by Gasteiger charge is 2.05. The number of rotatable bonds is 0. The van der Waals surface area contributed by atoms with Gasteiger partial charge in [0.25, 0.3) is 4.06 Å².